The summed E-state index contributed by atoms with van der Waals surface area (Å²) in [5.41, 5.74) is 0.906. The van der Waals surface area contributed by atoms with Crippen LogP contribution in [0.5, 0.6) is 5.75 Å². The van der Waals surface area contributed by atoms with Crippen molar-refractivity contribution in [2.45, 2.75) is 19.8 Å². The molecule has 0 bridgehead atoms. The second-order valence-corrected chi connectivity index (χ2v) is 3.01. The van der Waals surface area contributed by atoms with Crippen LogP contribution < -0.4 is 4.65 Å². The van der Waals surface area contributed by atoms with Crippen molar-refractivity contribution in [2.75, 3.05) is 0 Å². The Hall–Kier alpha value is -1.07. The summed E-state index contributed by atoms with van der Waals surface area (Å²) in [6, 6.07) is 1.79. The number of hydrogen-bond donors (Lipinski definition) is 2. The van der Waals surface area contributed by atoms with Gasteiger partial charge >= 0.3 is 7.32 Å². The third-order valence-corrected chi connectivity index (χ3v) is 1.67. The Morgan fingerprint density at radius 2 is 2.15 bits per heavy atom. The number of aromatic nitrogens is 1. The third kappa shape index (κ3) is 2.71. The van der Waals surface area contributed by atoms with Crippen LogP contribution in [-0.2, 0) is 0 Å². The van der Waals surface area contributed by atoms with Crippen molar-refractivity contribution in [3.8, 4) is 5.75 Å². The smallest absolute Gasteiger partial charge is 0.510 e. The van der Waals surface area contributed by atoms with E-state index in [0.717, 1.165) is 5.56 Å². The maximum absolute atomic E-state index is 8.62. The highest BCUT2D eigenvalue weighted by Crippen LogP contribution is 2.24. The van der Waals surface area contributed by atoms with Gasteiger partial charge in [0.2, 0.25) is 0 Å². The van der Waals surface area contributed by atoms with Crippen LogP contribution in [0.25, 0.3) is 0 Å². The largest absolute Gasteiger partial charge is 0.707 e. The number of nitrogens with zero attached hydrogens (tertiary/aromatic N) is 1. The van der Waals surface area contributed by atoms with E-state index in [0.29, 0.717) is 5.75 Å². The van der Waals surface area contributed by atoms with Crippen molar-refractivity contribution in [1.29, 1.82) is 0 Å². The van der Waals surface area contributed by atoms with Crippen LogP contribution in [0.1, 0.15) is 25.3 Å². The standard InChI is InChI=1S/C8H12BNO3/c1-6(2)7-3-4-10-5-8(7)13-9(11)12/h3-6,11-12H,1-2H3. The minimum absolute atomic E-state index is 0.261. The van der Waals surface area contributed by atoms with E-state index in [4.69, 9.17) is 14.7 Å². The van der Waals surface area contributed by atoms with Crippen molar-refractivity contribution in [2.24, 2.45) is 0 Å². The summed E-state index contributed by atoms with van der Waals surface area (Å²) in [4.78, 5) is 3.83. The average Bonchev–Trinajstić information content (AvgIpc) is 2.03. The zero-order valence-corrected chi connectivity index (χ0v) is 7.64. The molecule has 1 aromatic heterocycles. The minimum Gasteiger partial charge on any atom is -0.510 e. The van der Waals surface area contributed by atoms with E-state index >= 15 is 0 Å². The van der Waals surface area contributed by atoms with Crippen LogP contribution in [0.3, 0.4) is 0 Å². The van der Waals surface area contributed by atoms with Gasteiger partial charge in [-0.25, -0.2) is 0 Å². The van der Waals surface area contributed by atoms with Gasteiger partial charge in [-0.3, -0.25) is 4.98 Å². The Labute approximate surface area is 77.4 Å². The lowest BCUT2D eigenvalue weighted by molar-refractivity contribution is 0.286. The Morgan fingerprint density at radius 1 is 1.46 bits per heavy atom. The first-order valence-corrected chi connectivity index (χ1v) is 4.08. The fraction of sp³-hybridized carbons (Fsp3) is 0.375. The van der Waals surface area contributed by atoms with E-state index < -0.39 is 7.32 Å². The molecule has 0 aliphatic rings. The van der Waals surface area contributed by atoms with E-state index in [1.807, 2.05) is 13.8 Å². The molecular weight excluding hydrogens is 169 g/mol. The summed E-state index contributed by atoms with van der Waals surface area (Å²) in [6.45, 7) is 3.98. The fourth-order valence-corrected chi connectivity index (χ4v) is 1.08. The van der Waals surface area contributed by atoms with Crippen molar-refractivity contribution in [3.63, 3.8) is 0 Å². The average molecular weight is 181 g/mol. The lowest BCUT2D eigenvalue weighted by atomic mass is 10.0. The summed E-state index contributed by atoms with van der Waals surface area (Å²) in [6.07, 6.45) is 3.11. The Balaban J connectivity index is 2.91. The monoisotopic (exact) mass is 181 g/mol. The van der Waals surface area contributed by atoms with Gasteiger partial charge in [0.1, 0.15) is 5.75 Å². The van der Waals surface area contributed by atoms with E-state index in [1.54, 1.807) is 12.3 Å². The molecule has 13 heavy (non-hydrogen) atoms. The summed E-state index contributed by atoms with van der Waals surface area (Å²) in [5.74, 6) is 0.671. The van der Waals surface area contributed by atoms with E-state index in [2.05, 4.69) is 4.98 Å². The highest BCUT2D eigenvalue weighted by atomic mass is 16.6. The predicted molar refractivity (Wildman–Crippen MR) is 49.1 cm³/mol. The molecule has 0 saturated carbocycles. The lowest BCUT2D eigenvalue weighted by Gasteiger charge is -2.12. The van der Waals surface area contributed by atoms with Crippen molar-refractivity contribution >= 4 is 7.32 Å². The number of rotatable bonds is 3. The molecule has 1 rings (SSSR count). The number of hydrogen-bond acceptors (Lipinski definition) is 4. The molecule has 0 unspecified atom stereocenters. The second kappa shape index (κ2) is 4.25. The van der Waals surface area contributed by atoms with E-state index in [1.165, 1.54) is 6.20 Å². The molecular formula is C8H12BNO3. The molecule has 0 spiro atoms. The minimum atomic E-state index is -1.79. The molecule has 0 radical (unpaired) electrons. The second-order valence-electron chi connectivity index (χ2n) is 3.01. The first-order valence-electron chi connectivity index (χ1n) is 4.08. The summed E-state index contributed by atoms with van der Waals surface area (Å²) >= 11 is 0. The van der Waals surface area contributed by atoms with Gasteiger partial charge in [0.15, 0.2) is 0 Å². The van der Waals surface area contributed by atoms with Crippen LogP contribution in [-0.4, -0.2) is 22.4 Å². The first-order chi connectivity index (χ1) is 6.11. The normalized spacial score (nSPS) is 10.2. The zero-order valence-electron chi connectivity index (χ0n) is 7.64. The molecule has 0 amide bonds. The van der Waals surface area contributed by atoms with E-state index in [-0.39, 0.29) is 5.92 Å². The zero-order chi connectivity index (χ0) is 9.84. The summed E-state index contributed by atoms with van der Waals surface area (Å²) < 4.78 is 4.76. The van der Waals surface area contributed by atoms with Crippen molar-refractivity contribution in [3.05, 3.63) is 24.0 Å². The molecule has 0 fully saturated rings. The summed E-state index contributed by atoms with van der Waals surface area (Å²) in [5, 5.41) is 17.2. The molecule has 5 heteroatoms. The van der Waals surface area contributed by atoms with Crippen LogP contribution in [0.2, 0.25) is 0 Å². The van der Waals surface area contributed by atoms with Gasteiger partial charge in [0.05, 0.1) is 6.20 Å². The molecule has 0 atom stereocenters. The Bertz CT molecular complexity index is 278. The topological polar surface area (TPSA) is 62.6 Å². The molecule has 0 aromatic carbocycles. The molecule has 0 aliphatic heterocycles. The van der Waals surface area contributed by atoms with Gasteiger partial charge in [0.25, 0.3) is 0 Å². The van der Waals surface area contributed by atoms with Gasteiger partial charge in [-0.1, -0.05) is 13.8 Å². The molecule has 70 valence electrons. The van der Waals surface area contributed by atoms with Crippen LogP contribution in [0.15, 0.2) is 18.5 Å². The number of pyridine rings is 1. The van der Waals surface area contributed by atoms with Crippen LogP contribution in [0.4, 0.5) is 0 Å². The van der Waals surface area contributed by atoms with Gasteiger partial charge in [-0.05, 0) is 17.5 Å². The van der Waals surface area contributed by atoms with Crippen LogP contribution >= 0.6 is 0 Å². The van der Waals surface area contributed by atoms with Gasteiger partial charge in [-0.15, -0.1) is 0 Å². The van der Waals surface area contributed by atoms with Gasteiger partial charge in [-0.2, -0.15) is 0 Å². The highest BCUT2D eigenvalue weighted by molar-refractivity contribution is 6.33. The predicted octanol–water partition coefficient (Wildman–Crippen LogP) is 0.553. The van der Waals surface area contributed by atoms with E-state index in [9.17, 15) is 0 Å². The van der Waals surface area contributed by atoms with Gasteiger partial charge in [0, 0.05) is 6.20 Å². The maximum Gasteiger partial charge on any atom is 0.707 e. The molecule has 1 heterocycles. The molecule has 0 saturated heterocycles. The molecule has 1 aromatic rings. The fourth-order valence-electron chi connectivity index (χ4n) is 1.08. The highest BCUT2D eigenvalue weighted by Gasteiger charge is 2.15. The molecule has 0 aliphatic carbocycles. The maximum atomic E-state index is 8.62. The SMILES string of the molecule is CC(C)c1ccncc1OB(O)O. The van der Waals surface area contributed by atoms with Gasteiger partial charge < -0.3 is 14.7 Å². The molecule has 2 N–H and O–H groups in total. The Kier molecular flexibility index (Phi) is 3.28. The van der Waals surface area contributed by atoms with Crippen LogP contribution in [0, 0.1) is 0 Å². The summed E-state index contributed by atoms with van der Waals surface area (Å²) in [7, 11) is -1.79. The van der Waals surface area contributed by atoms with Crippen molar-refractivity contribution < 1.29 is 14.7 Å². The first kappa shape index (κ1) is 10.0. The molecule has 4 nitrogen and oxygen atoms in total. The quantitative estimate of drug-likeness (QED) is 0.668. The lowest BCUT2D eigenvalue weighted by Crippen LogP contribution is -2.21. The van der Waals surface area contributed by atoms with Crippen molar-refractivity contribution in [1.82, 2.24) is 4.98 Å². The Morgan fingerprint density at radius 3 is 2.69 bits per heavy atom. The third-order valence-electron chi connectivity index (χ3n) is 1.67.